The molecule has 5 heteroatoms. The zero-order chi connectivity index (χ0) is 15.4. The second kappa shape index (κ2) is 7.34. The molecular formula is C16H15BrClF2N. The highest BCUT2D eigenvalue weighted by atomic mass is 79.9. The van der Waals surface area contributed by atoms with E-state index in [1.165, 1.54) is 6.07 Å². The first-order valence-electron chi connectivity index (χ1n) is 6.63. The lowest BCUT2D eigenvalue weighted by Gasteiger charge is -2.19. The van der Waals surface area contributed by atoms with Crippen LogP contribution in [-0.2, 0) is 6.42 Å². The van der Waals surface area contributed by atoms with Gasteiger partial charge in [-0.15, -0.1) is 0 Å². The first kappa shape index (κ1) is 16.4. The highest BCUT2D eigenvalue weighted by molar-refractivity contribution is 9.10. The van der Waals surface area contributed by atoms with E-state index in [1.54, 1.807) is 6.07 Å². The van der Waals surface area contributed by atoms with E-state index in [0.717, 1.165) is 22.2 Å². The van der Waals surface area contributed by atoms with Crippen LogP contribution in [-0.4, -0.2) is 6.54 Å². The summed E-state index contributed by atoms with van der Waals surface area (Å²) in [5.74, 6) is -0.839. The SMILES string of the molecule is CCNC(Cc1cc(F)ccc1F)c1cc(Cl)cc(Br)c1. The highest BCUT2D eigenvalue weighted by Crippen LogP contribution is 2.27. The number of likely N-dealkylation sites (N-methyl/N-ethyl adjacent to an activating group) is 1. The van der Waals surface area contributed by atoms with Crippen LogP contribution in [0.5, 0.6) is 0 Å². The molecule has 0 aliphatic rings. The molecule has 0 bridgehead atoms. The normalized spacial score (nSPS) is 12.4. The fraction of sp³-hybridized carbons (Fsp3) is 0.250. The minimum atomic E-state index is -0.436. The lowest BCUT2D eigenvalue weighted by Crippen LogP contribution is -2.23. The average Bonchev–Trinajstić information content (AvgIpc) is 2.41. The Hall–Kier alpha value is -0.970. The number of hydrogen-bond acceptors (Lipinski definition) is 1. The van der Waals surface area contributed by atoms with Gasteiger partial charge in [-0.3, -0.25) is 0 Å². The van der Waals surface area contributed by atoms with E-state index >= 15 is 0 Å². The number of halogens is 4. The van der Waals surface area contributed by atoms with Crippen LogP contribution in [0.15, 0.2) is 40.9 Å². The van der Waals surface area contributed by atoms with E-state index < -0.39 is 11.6 Å². The molecule has 1 N–H and O–H groups in total. The van der Waals surface area contributed by atoms with Gasteiger partial charge in [0.25, 0.3) is 0 Å². The molecule has 1 atom stereocenters. The second-order valence-corrected chi connectivity index (χ2v) is 6.11. The third-order valence-electron chi connectivity index (χ3n) is 3.17. The van der Waals surface area contributed by atoms with Crippen LogP contribution in [0.1, 0.15) is 24.1 Å². The van der Waals surface area contributed by atoms with E-state index in [0.29, 0.717) is 23.6 Å². The van der Waals surface area contributed by atoms with Crippen molar-refractivity contribution in [1.29, 1.82) is 0 Å². The van der Waals surface area contributed by atoms with Crippen molar-refractivity contribution in [2.24, 2.45) is 0 Å². The largest absolute Gasteiger partial charge is 0.310 e. The molecule has 0 aromatic heterocycles. The number of hydrogen-bond donors (Lipinski definition) is 1. The zero-order valence-electron chi connectivity index (χ0n) is 11.5. The Labute approximate surface area is 136 Å². The van der Waals surface area contributed by atoms with Crippen molar-refractivity contribution in [1.82, 2.24) is 5.32 Å². The van der Waals surface area contributed by atoms with Gasteiger partial charge in [0.2, 0.25) is 0 Å². The summed E-state index contributed by atoms with van der Waals surface area (Å²) in [4.78, 5) is 0. The van der Waals surface area contributed by atoms with Crippen molar-refractivity contribution >= 4 is 27.5 Å². The van der Waals surface area contributed by atoms with Crippen molar-refractivity contribution in [3.8, 4) is 0 Å². The fourth-order valence-corrected chi connectivity index (χ4v) is 3.14. The van der Waals surface area contributed by atoms with E-state index in [-0.39, 0.29) is 6.04 Å². The molecule has 112 valence electrons. The zero-order valence-corrected chi connectivity index (χ0v) is 13.8. The van der Waals surface area contributed by atoms with E-state index in [2.05, 4.69) is 21.2 Å². The summed E-state index contributed by atoms with van der Waals surface area (Å²) in [6, 6.07) is 8.92. The van der Waals surface area contributed by atoms with Crippen LogP contribution in [0.4, 0.5) is 8.78 Å². The maximum atomic E-state index is 13.8. The van der Waals surface area contributed by atoms with Crippen LogP contribution in [0, 0.1) is 11.6 Å². The predicted molar refractivity (Wildman–Crippen MR) is 85.6 cm³/mol. The van der Waals surface area contributed by atoms with Gasteiger partial charge in [0.05, 0.1) is 0 Å². The van der Waals surface area contributed by atoms with Crippen molar-refractivity contribution in [2.45, 2.75) is 19.4 Å². The maximum Gasteiger partial charge on any atom is 0.126 e. The predicted octanol–water partition coefficient (Wildman–Crippen LogP) is 5.27. The summed E-state index contributed by atoms with van der Waals surface area (Å²) in [6.07, 6.45) is 0.351. The third kappa shape index (κ3) is 4.50. The molecule has 0 heterocycles. The molecule has 0 radical (unpaired) electrons. The number of rotatable bonds is 5. The monoisotopic (exact) mass is 373 g/mol. The smallest absolute Gasteiger partial charge is 0.126 e. The molecule has 0 fully saturated rings. The molecular weight excluding hydrogens is 360 g/mol. The van der Waals surface area contributed by atoms with Gasteiger partial charge in [-0.25, -0.2) is 8.78 Å². The van der Waals surface area contributed by atoms with E-state index in [1.807, 2.05) is 19.1 Å². The van der Waals surface area contributed by atoms with Gasteiger partial charge in [0.15, 0.2) is 0 Å². The quantitative estimate of drug-likeness (QED) is 0.751. The van der Waals surface area contributed by atoms with Crippen molar-refractivity contribution in [2.75, 3.05) is 6.54 Å². The molecule has 21 heavy (non-hydrogen) atoms. The molecule has 2 aromatic carbocycles. The maximum absolute atomic E-state index is 13.8. The Morgan fingerprint density at radius 1 is 1.19 bits per heavy atom. The Bertz CT molecular complexity index is 613. The Kier molecular flexibility index (Phi) is 5.73. The Balaban J connectivity index is 2.32. The number of benzene rings is 2. The molecule has 0 saturated heterocycles. The molecule has 2 aromatic rings. The summed E-state index contributed by atoms with van der Waals surface area (Å²) in [5, 5.41) is 3.88. The van der Waals surface area contributed by atoms with Gasteiger partial charge in [-0.1, -0.05) is 34.5 Å². The molecule has 0 saturated carbocycles. The van der Waals surface area contributed by atoms with Crippen molar-refractivity contribution in [3.05, 3.63) is 68.7 Å². The van der Waals surface area contributed by atoms with Crippen LogP contribution < -0.4 is 5.32 Å². The molecule has 0 aliphatic carbocycles. The Morgan fingerprint density at radius 2 is 1.95 bits per heavy atom. The standard InChI is InChI=1S/C16H15BrClF2N/c1-2-21-16(11-5-12(17)9-13(18)6-11)8-10-7-14(19)3-4-15(10)20/h3-7,9,16,21H,2,8H2,1H3. The average molecular weight is 375 g/mol. The lowest BCUT2D eigenvalue weighted by molar-refractivity contribution is 0.522. The van der Waals surface area contributed by atoms with Gasteiger partial charge < -0.3 is 5.32 Å². The number of nitrogens with one attached hydrogen (secondary N) is 1. The topological polar surface area (TPSA) is 12.0 Å². The molecule has 0 aliphatic heterocycles. The fourth-order valence-electron chi connectivity index (χ4n) is 2.25. The second-order valence-electron chi connectivity index (χ2n) is 4.75. The molecule has 2 rings (SSSR count). The van der Waals surface area contributed by atoms with Crippen LogP contribution in [0.25, 0.3) is 0 Å². The van der Waals surface area contributed by atoms with E-state index in [9.17, 15) is 8.78 Å². The van der Waals surface area contributed by atoms with Gasteiger partial charge >= 0.3 is 0 Å². The van der Waals surface area contributed by atoms with Gasteiger partial charge in [-0.05, 0) is 60.5 Å². The van der Waals surface area contributed by atoms with E-state index in [4.69, 9.17) is 11.6 Å². The van der Waals surface area contributed by atoms with Crippen LogP contribution in [0.3, 0.4) is 0 Å². The molecule has 1 unspecified atom stereocenters. The lowest BCUT2D eigenvalue weighted by atomic mass is 9.98. The molecule has 0 amide bonds. The van der Waals surface area contributed by atoms with Crippen LogP contribution in [0.2, 0.25) is 5.02 Å². The third-order valence-corrected chi connectivity index (χ3v) is 3.85. The first-order valence-corrected chi connectivity index (χ1v) is 7.80. The van der Waals surface area contributed by atoms with Crippen molar-refractivity contribution < 1.29 is 8.78 Å². The Morgan fingerprint density at radius 3 is 2.62 bits per heavy atom. The summed E-state index contributed by atoms with van der Waals surface area (Å²) in [6.45, 7) is 2.68. The van der Waals surface area contributed by atoms with Gasteiger partial charge in [0, 0.05) is 15.5 Å². The summed E-state index contributed by atoms with van der Waals surface area (Å²) in [5.41, 5.74) is 1.27. The van der Waals surface area contributed by atoms with Crippen LogP contribution >= 0.6 is 27.5 Å². The minimum absolute atomic E-state index is 0.138. The molecule has 0 spiro atoms. The van der Waals surface area contributed by atoms with Gasteiger partial charge in [-0.2, -0.15) is 0 Å². The molecule has 1 nitrogen and oxygen atoms in total. The van der Waals surface area contributed by atoms with Gasteiger partial charge in [0.1, 0.15) is 11.6 Å². The first-order chi connectivity index (χ1) is 9.99. The highest BCUT2D eigenvalue weighted by Gasteiger charge is 2.15. The summed E-state index contributed by atoms with van der Waals surface area (Å²) >= 11 is 9.46. The minimum Gasteiger partial charge on any atom is -0.310 e. The van der Waals surface area contributed by atoms with Crippen molar-refractivity contribution in [3.63, 3.8) is 0 Å². The summed E-state index contributed by atoms with van der Waals surface area (Å²) in [7, 11) is 0. The summed E-state index contributed by atoms with van der Waals surface area (Å²) < 4.78 is 28.0.